The minimum atomic E-state index is -0.710. The van der Waals surface area contributed by atoms with Gasteiger partial charge in [0.05, 0.1) is 0 Å². The molecule has 2 aromatic rings. The maximum absolute atomic E-state index is 13.8. The van der Waals surface area contributed by atoms with Crippen LogP contribution in [-0.2, 0) is 0 Å². The SMILES string of the molecule is CCCCC1CCC(CCC2CCC(c3ccc(-c4cc(F)c(Cl)c(F)c4)cc3)CC2)CC1. The third kappa shape index (κ3) is 6.59. The van der Waals surface area contributed by atoms with E-state index in [-0.39, 0.29) is 0 Å². The minimum Gasteiger partial charge on any atom is -0.205 e. The van der Waals surface area contributed by atoms with Gasteiger partial charge in [0.1, 0.15) is 16.7 Å². The maximum atomic E-state index is 13.8. The summed E-state index contributed by atoms with van der Waals surface area (Å²) in [5.41, 5.74) is 2.72. The Hall–Kier alpha value is -1.41. The quantitative estimate of drug-likeness (QED) is 0.335. The molecule has 4 rings (SSSR count). The molecule has 0 atom stereocenters. The molecule has 33 heavy (non-hydrogen) atoms. The Morgan fingerprint density at radius 2 is 1.18 bits per heavy atom. The Kier molecular flexibility index (Phi) is 8.85. The molecule has 0 bridgehead atoms. The first-order valence-corrected chi connectivity index (χ1v) is 13.7. The van der Waals surface area contributed by atoms with E-state index >= 15 is 0 Å². The second-order valence-corrected chi connectivity index (χ2v) is 11.1. The van der Waals surface area contributed by atoms with Gasteiger partial charge in [0, 0.05) is 0 Å². The molecule has 0 aromatic heterocycles. The number of halogens is 3. The van der Waals surface area contributed by atoms with E-state index in [1.54, 1.807) is 0 Å². The van der Waals surface area contributed by atoms with E-state index in [9.17, 15) is 8.78 Å². The summed E-state index contributed by atoms with van der Waals surface area (Å²) in [6.07, 6.45) is 18.2. The van der Waals surface area contributed by atoms with Crippen molar-refractivity contribution >= 4 is 11.6 Å². The van der Waals surface area contributed by atoms with Gasteiger partial charge in [-0.05, 0) is 78.2 Å². The summed E-state index contributed by atoms with van der Waals surface area (Å²) in [6, 6.07) is 10.9. The Morgan fingerprint density at radius 1 is 0.697 bits per heavy atom. The molecule has 0 amide bonds. The summed E-state index contributed by atoms with van der Waals surface area (Å²) in [4.78, 5) is 0. The Labute approximate surface area is 204 Å². The zero-order valence-corrected chi connectivity index (χ0v) is 20.9. The number of hydrogen-bond acceptors (Lipinski definition) is 0. The fourth-order valence-corrected chi connectivity index (χ4v) is 6.34. The second-order valence-electron chi connectivity index (χ2n) is 10.7. The van der Waals surface area contributed by atoms with Gasteiger partial charge in [-0.1, -0.05) is 101 Å². The lowest BCUT2D eigenvalue weighted by atomic mass is 9.74. The van der Waals surface area contributed by atoms with Crippen molar-refractivity contribution in [2.24, 2.45) is 17.8 Å². The van der Waals surface area contributed by atoms with Crippen LogP contribution >= 0.6 is 11.6 Å². The van der Waals surface area contributed by atoms with Gasteiger partial charge in [-0.3, -0.25) is 0 Å². The fourth-order valence-electron chi connectivity index (χ4n) is 6.23. The summed E-state index contributed by atoms with van der Waals surface area (Å²) >= 11 is 5.61. The van der Waals surface area contributed by atoms with E-state index in [2.05, 4.69) is 19.1 Å². The van der Waals surface area contributed by atoms with E-state index in [1.165, 1.54) is 101 Å². The lowest BCUT2D eigenvalue weighted by Crippen LogP contribution is -2.17. The van der Waals surface area contributed by atoms with Crippen molar-refractivity contribution in [3.63, 3.8) is 0 Å². The summed E-state index contributed by atoms with van der Waals surface area (Å²) in [7, 11) is 0. The van der Waals surface area contributed by atoms with Crippen molar-refractivity contribution in [3.05, 3.63) is 58.6 Å². The molecule has 0 heterocycles. The molecule has 0 N–H and O–H groups in total. The summed E-state index contributed by atoms with van der Waals surface area (Å²) < 4.78 is 27.6. The monoisotopic (exact) mass is 472 g/mol. The zero-order chi connectivity index (χ0) is 23.2. The highest BCUT2D eigenvalue weighted by Crippen LogP contribution is 2.40. The third-order valence-electron chi connectivity index (χ3n) is 8.46. The van der Waals surface area contributed by atoms with E-state index in [4.69, 9.17) is 11.6 Å². The van der Waals surface area contributed by atoms with Gasteiger partial charge in [0.2, 0.25) is 0 Å². The number of benzene rings is 2. The average Bonchev–Trinajstić information content (AvgIpc) is 2.85. The van der Waals surface area contributed by atoms with Crippen molar-refractivity contribution < 1.29 is 8.78 Å². The van der Waals surface area contributed by atoms with Gasteiger partial charge in [-0.15, -0.1) is 0 Å². The normalized spacial score (nSPS) is 25.8. The zero-order valence-electron chi connectivity index (χ0n) is 20.1. The van der Waals surface area contributed by atoms with Crippen LogP contribution in [0.1, 0.15) is 102 Å². The topological polar surface area (TPSA) is 0 Å². The summed E-state index contributed by atoms with van der Waals surface area (Å²) in [5, 5.41) is -0.438. The van der Waals surface area contributed by atoms with Gasteiger partial charge >= 0.3 is 0 Å². The molecule has 0 radical (unpaired) electrons. The van der Waals surface area contributed by atoms with E-state index in [1.807, 2.05) is 12.1 Å². The number of hydrogen-bond donors (Lipinski definition) is 0. The minimum absolute atomic E-state index is 0.438. The Morgan fingerprint density at radius 3 is 1.70 bits per heavy atom. The summed E-state index contributed by atoms with van der Waals surface area (Å²) in [6.45, 7) is 2.31. The number of unbranched alkanes of at least 4 members (excludes halogenated alkanes) is 1. The molecular formula is C30H39ClF2. The lowest BCUT2D eigenvalue weighted by Gasteiger charge is -2.32. The summed E-state index contributed by atoms with van der Waals surface area (Å²) in [5.74, 6) is 2.09. The lowest BCUT2D eigenvalue weighted by molar-refractivity contribution is 0.222. The Bertz CT molecular complexity index is 852. The molecule has 2 aromatic carbocycles. The standard InChI is InChI=1S/C30H39ClF2/c1-2-3-4-21-5-7-22(8-6-21)9-10-23-11-13-24(14-12-23)25-15-17-26(18-16-25)27-19-28(32)30(31)29(33)20-27/h15-24H,2-14H2,1H3. The first kappa shape index (κ1) is 24.7. The van der Waals surface area contributed by atoms with Gasteiger partial charge in [0.25, 0.3) is 0 Å². The molecule has 0 spiro atoms. The third-order valence-corrected chi connectivity index (χ3v) is 8.82. The van der Waals surface area contributed by atoms with Crippen LogP contribution in [0.4, 0.5) is 8.78 Å². The van der Waals surface area contributed by atoms with Crippen LogP contribution in [0, 0.1) is 29.4 Å². The molecule has 0 aliphatic heterocycles. The number of rotatable bonds is 8. The molecule has 0 unspecified atom stereocenters. The van der Waals surface area contributed by atoms with Gasteiger partial charge in [-0.25, -0.2) is 8.78 Å². The largest absolute Gasteiger partial charge is 0.205 e. The molecular weight excluding hydrogens is 434 g/mol. The van der Waals surface area contributed by atoms with Crippen LogP contribution in [0.15, 0.2) is 36.4 Å². The van der Waals surface area contributed by atoms with Gasteiger partial charge < -0.3 is 0 Å². The van der Waals surface area contributed by atoms with Gasteiger partial charge in [0.15, 0.2) is 0 Å². The molecule has 2 fully saturated rings. The van der Waals surface area contributed by atoms with Crippen molar-refractivity contribution in [3.8, 4) is 11.1 Å². The van der Waals surface area contributed by atoms with Crippen LogP contribution < -0.4 is 0 Å². The van der Waals surface area contributed by atoms with Crippen LogP contribution in [0.3, 0.4) is 0 Å². The van der Waals surface area contributed by atoms with Crippen LogP contribution in [-0.4, -0.2) is 0 Å². The van der Waals surface area contributed by atoms with Crippen molar-refractivity contribution in [2.45, 2.75) is 96.3 Å². The molecule has 3 heteroatoms. The van der Waals surface area contributed by atoms with E-state index in [0.717, 1.165) is 23.3 Å². The highest BCUT2D eigenvalue weighted by molar-refractivity contribution is 6.31. The molecule has 180 valence electrons. The molecule has 2 aliphatic carbocycles. The highest BCUT2D eigenvalue weighted by atomic mass is 35.5. The fraction of sp³-hybridized carbons (Fsp3) is 0.600. The molecule has 0 nitrogen and oxygen atoms in total. The molecule has 2 aliphatic rings. The first-order valence-electron chi connectivity index (χ1n) is 13.3. The van der Waals surface area contributed by atoms with Crippen molar-refractivity contribution in [1.82, 2.24) is 0 Å². The van der Waals surface area contributed by atoms with E-state index in [0.29, 0.717) is 11.5 Å². The highest BCUT2D eigenvalue weighted by Gasteiger charge is 2.25. The molecule has 2 saturated carbocycles. The van der Waals surface area contributed by atoms with Gasteiger partial charge in [-0.2, -0.15) is 0 Å². The average molecular weight is 473 g/mol. The predicted octanol–water partition coefficient (Wildman–Crippen LogP) is 10.3. The Balaban J connectivity index is 1.22. The predicted molar refractivity (Wildman–Crippen MR) is 136 cm³/mol. The van der Waals surface area contributed by atoms with Crippen LogP contribution in [0.25, 0.3) is 11.1 Å². The van der Waals surface area contributed by atoms with E-state index < -0.39 is 16.7 Å². The van der Waals surface area contributed by atoms with Crippen LogP contribution in [0.2, 0.25) is 5.02 Å². The molecule has 0 saturated heterocycles. The van der Waals surface area contributed by atoms with Crippen molar-refractivity contribution in [2.75, 3.05) is 0 Å². The second kappa shape index (κ2) is 11.8. The first-order chi connectivity index (χ1) is 16.0. The van der Waals surface area contributed by atoms with Crippen molar-refractivity contribution in [1.29, 1.82) is 0 Å². The smallest absolute Gasteiger partial charge is 0.145 e. The maximum Gasteiger partial charge on any atom is 0.145 e. The van der Waals surface area contributed by atoms with Crippen LogP contribution in [0.5, 0.6) is 0 Å².